The number of carbonyl (C=O) groups excluding carboxylic acids is 1. The van der Waals surface area contributed by atoms with Gasteiger partial charge < -0.3 is 23.7 Å². The van der Waals surface area contributed by atoms with Gasteiger partial charge in [0, 0.05) is 26.3 Å². The van der Waals surface area contributed by atoms with Crippen molar-refractivity contribution in [3.63, 3.8) is 0 Å². The molecule has 0 N–H and O–H groups in total. The third-order valence-corrected chi connectivity index (χ3v) is 4.16. The summed E-state index contributed by atoms with van der Waals surface area (Å²) in [4.78, 5) is 11.6. The molecule has 0 bridgehead atoms. The summed E-state index contributed by atoms with van der Waals surface area (Å²) < 4.78 is 36.1. The molecular weight excluding hydrogens is 336 g/mol. The normalized spacial score (nSPS) is 21.7. The second-order valence-electron chi connectivity index (χ2n) is 5.80. The highest BCUT2D eigenvalue weighted by Gasteiger charge is 2.34. The zero-order valence-corrected chi connectivity index (χ0v) is 15.1. The number of carbonyl (C=O) groups is 1. The van der Waals surface area contributed by atoms with Crippen LogP contribution in [0.2, 0.25) is 0 Å². The van der Waals surface area contributed by atoms with Crippen molar-refractivity contribution in [3.8, 4) is 23.0 Å². The van der Waals surface area contributed by atoms with E-state index in [9.17, 15) is 4.79 Å². The summed E-state index contributed by atoms with van der Waals surface area (Å²) in [5.41, 5.74) is 1.35. The molecule has 2 aromatic rings. The Morgan fingerprint density at radius 1 is 1.08 bits per heavy atom. The molecule has 6 heteroatoms. The van der Waals surface area contributed by atoms with Crippen LogP contribution < -0.4 is 18.9 Å². The molecule has 2 aromatic carbocycles. The molecule has 1 aliphatic rings. The van der Waals surface area contributed by atoms with Crippen LogP contribution >= 0.6 is 0 Å². The Morgan fingerprint density at radius 3 is 2.50 bits per heavy atom. The molecule has 0 radical (unpaired) electrons. The molecule has 0 saturated carbocycles. The summed E-state index contributed by atoms with van der Waals surface area (Å²) in [6, 6.07) is 10.6. The van der Waals surface area contributed by atoms with Crippen LogP contribution in [0.15, 0.2) is 36.4 Å². The van der Waals surface area contributed by atoms with Crippen LogP contribution in [0.1, 0.15) is 25.5 Å². The minimum atomic E-state index is -0.804. The van der Waals surface area contributed by atoms with Crippen LogP contribution in [0.5, 0.6) is 23.0 Å². The standard InChI is InChI=1S/C20H22O6/c1-12(21)25-19-9-13-5-7-15(22-2)11-17(13)26-20(19)14-6-8-16(23-3)18(10-14)24-4/h5-8,10-11,19-20H,9H2,1-4H3/t19-,20+/m0/s1/i9D/t9-,19-,20+. The maximum atomic E-state index is 11.6. The van der Waals surface area contributed by atoms with Gasteiger partial charge in [0.15, 0.2) is 17.6 Å². The number of fused-ring (bicyclic) bond motifs is 1. The molecule has 0 unspecified atom stereocenters. The lowest BCUT2D eigenvalue weighted by Crippen LogP contribution is -2.34. The third kappa shape index (κ3) is 3.54. The number of rotatable bonds is 5. The van der Waals surface area contributed by atoms with Gasteiger partial charge in [-0.2, -0.15) is 0 Å². The zero-order chi connectivity index (χ0) is 19.6. The van der Waals surface area contributed by atoms with E-state index >= 15 is 0 Å². The van der Waals surface area contributed by atoms with Crippen LogP contribution in [0.3, 0.4) is 0 Å². The molecule has 1 heterocycles. The summed E-state index contributed by atoms with van der Waals surface area (Å²) in [6.07, 6.45) is -2.28. The highest BCUT2D eigenvalue weighted by Crippen LogP contribution is 2.40. The van der Waals surface area contributed by atoms with Crippen molar-refractivity contribution in [3.05, 3.63) is 47.5 Å². The minimum absolute atomic E-state index is 0.469. The fraction of sp³-hybridized carbons (Fsp3) is 0.350. The molecule has 0 spiro atoms. The monoisotopic (exact) mass is 359 g/mol. The molecule has 0 fully saturated rings. The largest absolute Gasteiger partial charge is 0.497 e. The van der Waals surface area contributed by atoms with Gasteiger partial charge in [0.1, 0.15) is 17.6 Å². The Kier molecular flexibility index (Phi) is 4.82. The second-order valence-corrected chi connectivity index (χ2v) is 5.80. The average molecular weight is 359 g/mol. The summed E-state index contributed by atoms with van der Waals surface area (Å²) in [5, 5.41) is 0. The molecule has 138 valence electrons. The van der Waals surface area contributed by atoms with Gasteiger partial charge in [-0.1, -0.05) is 12.1 Å². The van der Waals surface area contributed by atoms with E-state index in [1.54, 1.807) is 57.7 Å². The first kappa shape index (κ1) is 16.6. The van der Waals surface area contributed by atoms with Gasteiger partial charge in [-0.3, -0.25) is 4.79 Å². The number of methoxy groups -OCH3 is 3. The fourth-order valence-electron chi connectivity index (χ4n) is 2.92. The average Bonchev–Trinajstić information content (AvgIpc) is 2.68. The maximum Gasteiger partial charge on any atom is 0.303 e. The van der Waals surface area contributed by atoms with Crippen LogP contribution in [-0.2, 0) is 15.9 Å². The van der Waals surface area contributed by atoms with E-state index < -0.39 is 24.6 Å². The van der Waals surface area contributed by atoms with E-state index in [0.717, 1.165) is 0 Å². The van der Waals surface area contributed by atoms with E-state index in [0.29, 0.717) is 34.1 Å². The van der Waals surface area contributed by atoms with Gasteiger partial charge >= 0.3 is 5.97 Å². The van der Waals surface area contributed by atoms with E-state index in [-0.39, 0.29) is 0 Å². The van der Waals surface area contributed by atoms with Crippen molar-refractivity contribution >= 4 is 5.97 Å². The van der Waals surface area contributed by atoms with Crippen molar-refractivity contribution in [2.24, 2.45) is 0 Å². The first-order valence-electron chi connectivity index (χ1n) is 8.72. The van der Waals surface area contributed by atoms with Crippen molar-refractivity contribution in [2.45, 2.75) is 25.5 Å². The molecule has 3 atom stereocenters. The molecule has 0 aromatic heterocycles. The summed E-state index contributed by atoms with van der Waals surface area (Å²) in [7, 11) is 4.66. The lowest BCUT2D eigenvalue weighted by atomic mass is 9.94. The second kappa shape index (κ2) is 7.56. The van der Waals surface area contributed by atoms with Crippen molar-refractivity contribution < 1.29 is 29.8 Å². The predicted molar refractivity (Wildman–Crippen MR) is 95.2 cm³/mol. The highest BCUT2D eigenvalue weighted by molar-refractivity contribution is 5.66. The minimum Gasteiger partial charge on any atom is -0.497 e. The zero-order valence-electron chi connectivity index (χ0n) is 16.1. The Morgan fingerprint density at radius 2 is 1.85 bits per heavy atom. The lowest BCUT2D eigenvalue weighted by Gasteiger charge is -2.33. The number of hydrogen-bond acceptors (Lipinski definition) is 6. The Hall–Kier alpha value is -2.89. The number of hydrogen-bond donors (Lipinski definition) is 0. The van der Waals surface area contributed by atoms with Gasteiger partial charge in [-0.15, -0.1) is 0 Å². The first-order chi connectivity index (χ1) is 13.0. The van der Waals surface area contributed by atoms with Crippen LogP contribution in [0.4, 0.5) is 0 Å². The van der Waals surface area contributed by atoms with Gasteiger partial charge in [-0.25, -0.2) is 0 Å². The summed E-state index contributed by atoms with van der Waals surface area (Å²) >= 11 is 0. The molecule has 3 rings (SSSR count). The SMILES string of the molecule is [2H][C@H]1c2ccc(OC)cc2O[C@H](c2ccc(OC)c(OC)c2)[C@H]1OC(C)=O. The van der Waals surface area contributed by atoms with Gasteiger partial charge in [0.25, 0.3) is 0 Å². The molecule has 1 aliphatic heterocycles. The maximum absolute atomic E-state index is 11.6. The van der Waals surface area contributed by atoms with Crippen LogP contribution in [0.25, 0.3) is 0 Å². The molecule has 0 amide bonds. The van der Waals surface area contributed by atoms with Crippen molar-refractivity contribution in [1.82, 2.24) is 0 Å². The van der Waals surface area contributed by atoms with E-state index in [4.69, 9.17) is 25.1 Å². The Bertz CT molecular complexity index is 837. The molecule has 6 nitrogen and oxygen atoms in total. The fourth-order valence-corrected chi connectivity index (χ4v) is 2.92. The molecular formula is C20H22O6. The third-order valence-electron chi connectivity index (χ3n) is 4.16. The highest BCUT2D eigenvalue weighted by atomic mass is 16.6. The van der Waals surface area contributed by atoms with Gasteiger partial charge in [0.05, 0.1) is 21.3 Å². The van der Waals surface area contributed by atoms with E-state index in [1.165, 1.54) is 6.92 Å². The molecule has 26 heavy (non-hydrogen) atoms. The smallest absolute Gasteiger partial charge is 0.303 e. The Labute approximate surface area is 154 Å². The quantitative estimate of drug-likeness (QED) is 0.763. The summed E-state index contributed by atoms with van der Waals surface area (Å²) in [5.74, 6) is 1.78. The lowest BCUT2D eigenvalue weighted by molar-refractivity contribution is -0.152. The molecule has 0 aliphatic carbocycles. The van der Waals surface area contributed by atoms with Crippen LogP contribution in [0, 0.1) is 0 Å². The predicted octanol–water partition coefficient (Wildman–Crippen LogP) is 3.32. The molecule has 0 saturated heterocycles. The number of esters is 1. The first-order valence-corrected chi connectivity index (χ1v) is 8.14. The number of ether oxygens (including phenoxy) is 5. The van der Waals surface area contributed by atoms with Crippen LogP contribution in [-0.4, -0.2) is 33.4 Å². The van der Waals surface area contributed by atoms with E-state index in [1.807, 2.05) is 0 Å². The van der Waals surface area contributed by atoms with Gasteiger partial charge in [-0.05, 0) is 23.8 Å². The summed E-state index contributed by atoms with van der Waals surface area (Å²) in [6.45, 7) is 1.32. The number of benzene rings is 2. The van der Waals surface area contributed by atoms with Crippen molar-refractivity contribution in [2.75, 3.05) is 21.3 Å². The van der Waals surface area contributed by atoms with E-state index in [2.05, 4.69) is 0 Å². The van der Waals surface area contributed by atoms with Gasteiger partial charge in [0.2, 0.25) is 0 Å². The van der Waals surface area contributed by atoms with Crippen molar-refractivity contribution in [1.29, 1.82) is 0 Å². The topological polar surface area (TPSA) is 63.2 Å². The Balaban J connectivity index is 2.06.